The summed E-state index contributed by atoms with van der Waals surface area (Å²) in [6, 6.07) is 35.6. The molecular formula is C37H28N2O4. The monoisotopic (exact) mass is 564 g/mol. The molecule has 6 aromatic carbocycles. The van der Waals surface area contributed by atoms with Gasteiger partial charge in [0, 0.05) is 34.7 Å². The number of hydrogen-bond acceptors (Lipinski definition) is 6. The van der Waals surface area contributed by atoms with Crippen molar-refractivity contribution < 1.29 is 19.7 Å². The summed E-state index contributed by atoms with van der Waals surface area (Å²) in [7, 11) is 3.03. The van der Waals surface area contributed by atoms with Crippen LogP contribution in [0.5, 0.6) is 23.0 Å². The van der Waals surface area contributed by atoms with Crippen LogP contribution in [0.1, 0.15) is 22.3 Å². The molecule has 0 bridgehead atoms. The molecule has 210 valence electrons. The average Bonchev–Trinajstić information content (AvgIpc) is 3.34. The van der Waals surface area contributed by atoms with Gasteiger partial charge in [-0.2, -0.15) is 0 Å². The molecule has 7 rings (SSSR count). The molecule has 6 aromatic rings. The lowest BCUT2D eigenvalue weighted by Gasteiger charge is -2.24. The van der Waals surface area contributed by atoms with Gasteiger partial charge in [-0.25, -0.2) is 0 Å². The topological polar surface area (TPSA) is 83.6 Å². The highest BCUT2D eigenvalue weighted by Gasteiger charge is 2.44. The van der Waals surface area contributed by atoms with Crippen molar-refractivity contribution in [1.82, 2.24) is 0 Å². The number of benzene rings is 6. The number of phenols is 2. The fourth-order valence-corrected chi connectivity index (χ4v) is 6.06. The van der Waals surface area contributed by atoms with Crippen molar-refractivity contribution in [2.75, 3.05) is 14.2 Å². The average molecular weight is 565 g/mol. The molecule has 0 aromatic heterocycles. The van der Waals surface area contributed by atoms with Gasteiger partial charge in [0.1, 0.15) is 0 Å². The van der Waals surface area contributed by atoms with Crippen LogP contribution in [0.2, 0.25) is 0 Å². The van der Waals surface area contributed by atoms with Gasteiger partial charge in [-0.3, -0.25) is 9.98 Å². The second kappa shape index (κ2) is 10.3. The highest BCUT2D eigenvalue weighted by Crippen LogP contribution is 2.55. The minimum Gasteiger partial charge on any atom is -0.504 e. The first-order valence-electron chi connectivity index (χ1n) is 13.9. The van der Waals surface area contributed by atoms with Crippen molar-refractivity contribution in [3.8, 4) is 34.1 Å². The first-order chi connectivity index (χ1) is 21.1. The van der Waals surface area contributed by atoms with E-state index in [2.05, 4.69) is 48.5 Å². The Labute approximate surface area is 248 Å². The zero-order valence-electron chi connectivity index (χ0n) is 23.7. The highest BCUT2D eigenvalue weighted by atomic mass is 16.5. The molecule has 0 unspecified atom stereocenters. The number of hydrogen-bond donors (Lipinski definition) is 2. The Morgan fingerprint density at radius 1 is 0.535 bits per heavy atom. The Morgan fingerprint density at radius 2 is 0.977 bits per heavy atom. The lowest BCUT2D eigenvalue weighted by molar-refractivity contribution is 0.373. The molecule has 2 N–H and O–H groups in total. The van der Waals surface area contributed by atoms with Crippen LogP contribution in [0.3, 0.4) is 0 Å². The van der Waals surface area contributed by atoms with Gasteiger partial charge in [0.15, 0.2) is 23.0 Å². The SMILES string of the molecule is COc1cccc(/C=N/C2(/N=C/c3cccc(OC)c3O)c3ccc4ccccc4c3-c3c2ccc2ccccc32)c1O. The quantitative estimate of drug-likeness (QED) is 0.202. The van der Waals surface area contributed by atoms with E-state index in [1.807, 2.05) is 36.4 Å². The Hall–Kier alpha value is -5.62. The summed E-state index contributed by atoms with van der Waals surface area (Å²) in [5.74, 6) is 0.696. The first-order valence-corrected chi connectivity index (χ1v) is 13.9. The number of nitrogens with zero attached hydrogens (tertiary/aromatic N) is 2. The second-order valence-electron chi connectivity index (χ2n) is 10.4. The normalized spacial score (nSPS) is 13.5. The van der Waals surface area contributed by atoms with E-state index in [-0.39, 0.29) is 11.5 Å². The fourth-order valence-electron chi connectivity index (χ4n) is 6.06. The number of aliphatic imine (C=N–C) groups is 2. The lowest BCUT2D eigenvalue weighted by atomic mass is 9.94. The smallest absolute Gasteiger partial charge is 0.202 e. The number of fused-ring (bicyclic) bond motifs is 7. The van der Waals surface area contributed by atoms with E-state index in [0.29, 0.717) is 22.6 Å². The number of aromatic hydroxyl groups is 2. The summed E-state index contributed by atoms with van der Waals surface area (Å²) >= 11 is 0. The van der Waals surface area contributed by atoms with Gasteiger partial charge in [0.2, 0.25) is 5.66 Å². The summed E-state index contributed by atoms with van der Waals surface area (Å²) in [5.41, 5.74) is 3.67. The van der Waals surface area contributed by atoms with E-state index in [9.17, 15) is 10.2 Å². The molecule has 6 heteroatoms. The van der Waals surface area contributed by atoms with Crippen molar-refractivity contribution in [1.29, 1.82) is 0 Å². The highest BCUT2D eigenvalue weighted by molar-refractivity contribution is 6.11. The zero-order valence-corrected chi connectivity index (χ0v) is 23.7. The van der Waals surface area contributed by atoms with Gasteiger partial charge < -0.3 is 19.7 Å². The van der Waals surface area contributed by atoms with Crippen LogP contribution in [0.15, 0.2) is 119 Å². The minimum atomic E-state index is -1.23. The Balaban J connectivity index is 1.57. The molecule has 0 heterocycles. The number of ether oxygens (including phenoxy) is 2. The van der Waals surface area contributed by atoms with Crippen LogP contribution < -0.4 is 9.47 Å². The van der Waals surface area contributed by atoms with E-state index in [1.54, 1.807) is 36.7 Å². The summed E-state index contributed by atoms with van der Waals surface area (Å²) in [5, 5.41) is 26.3. The largest absolute Gasteiger partial charge is 0.504 e. The number of methoxy groups -OCH3 is 2. The predicted molar refractivity (Wildman–Crippen MR) is 172 cm³/mol. The van der Waals surface area contributed by atoms with Crippen LogP contribution >= 0.6 is 0 Å². The van der Waals surface area contributed by atoms with Gasteiger partial charge >= 0.3 is 0 Å². The maximum Gasteiger partial charge on any atom is 0.202 e. The van der Waals surface area contributed by atoms with Gasteiger partial charge in [-0.15, -0.1) is 0 Å². The molecule has 0 amide bonds. The molecule has 0 saturated carbocycles. The molecular weight excluding hydrogens is 536 g/mol. The van der Waals surface area contributed by atoms with Crippen molar-refractivity contribution in [2.24, 2.45) is 9.98 Å². The summed E-state index contributed by atoms with van der Waals surface area (Å²) < 4.78 is 10.7. The molecule has 0 fully saturated rings. The maximum atomic E-state index is 10.9. The zero-order chi connectivity index (χ0) is 29.6. The summed E-state index contributed by atoms with van der Waals surface area (Å²) in [6.07, 6.45) is 3.29. The van der Waals surface area contributed by atoms with E-state index < -0.39 is 5.66 Å². The van der Waals surface area contributed by atoms with Crippen molar-refractivity contribution in [3.63, 3.8) is 0 Å². The van der Waals surface area contributed by atoms with Crippen molar-refractivity contribution in [2.45, 2.75) is 5.66 Å². The Kier molecular flexibility index (Phi) is 6.32. The number of rotatable bonds is 6. The van der Waals surface area contributed by atoms with Gasteiger partial charge in [-0.1, -0.05) is 84.9 Å². The van der Waals surface area contributed by atoms with Crippen LogP contribution in [0.25, 0.3) is 32.7 Å². The number of phenolic OH excluding ortho intramolecular Hbond substituents is 2. The van der Waals surface area contributed by atoms with E-state index in [1.165, 1.54) is 14.2 Å². The Morgan fingerprint density at radius 3 is 1.42 bits per heavy atom. The molecule has 0 spiro atoms. The fraction of sp³-hybridized carbons (Fsp3) is 0.0811. The maximum absolute atomic E-state index is 10.9. The van der Waals surface area contributed by atoms with E-state index >= 15 is 0 Å². The predicted octanol–water partition coefficient (Wildman–Crippen LogP) is 7.84. The molecule has 6 nitrogen and oxygen atoms in total. The van der Waals surface area contributed by atoms with Crippen LogP contribution in [0, 0.1) is 0 Å². The third kappa shape index (κ3) is 4.10. The molecule has 0 aliphatic heterocycles. The van der Waals surface area contributed by atoms with E-state index in [4.69, 9.17) is 19.5 Å². The van der Waals surface area contributed by atoms with Gasteiger partial charge in [0.25, 0.3) is 0 Å². The van der Waals surface area contributed by atoms with Crippen LogP contribution in [-0.2, 0) is 5.66 Å². The van der Waals surface area contributed by atoms with E-state index in [0.717, 1.165) is 43.8 Å². The molecule has 1 aliphatic rings. The van der Waals surface area contributed by atoms with Crippen molar-refractivity contribution >= 4 is 34.0 Å². The molecule has 43 heavy (non-hydrogen) atoms. The third-order valence-corrected chi connectivity index (χ3v) is 8.14. The lowest BCUT2D eigenvalue weighted by Crippen LogP contribution is -2.21. The van der Waals surface area contributed by atoms with Gasteiger partial charge in [-0.05, 0) is 56.9 Å². The van der Waals surface area contributed by atoms with Gasteiger partial charge in [0.05, 0.1) is 14.2 Å². The standard InChI is InChI=1S/C37H28N2O4/c1-42-31-15-7-11-25(35(31)40)21-38-37(39-22-26-12-8-16-32(43-2)36(26)41)29-19-17-23-9-3-5-13-27(23)33(29)34-28-14-6-4-10-24(28)18-20-30(34)37/h3-22,40-41H,1-2H3/b38-21+,39-22+. The minimum absolute atomic E-state index is 0.00575. The second-order valence-corrected chi connectivity index (χ2v) is 10.4. The van der Waals surface area contributed by atoms with Crippen molar-refractivity contribution in [3.05, 3.63) is 131 Å². The Bertz CT molecular complexity index is 1950. The van der Waals surface area contributed by atoms with Crippen LogP contribution in [-0.4, -0.2) is 36.9 Å². The first kappa shape index (κ1) is 26.3. The summed E-state index contributed by atoms with van der Waals surface area (Å²) in [6.45, 7) is 0. The van der Waals surface area contributed by atoms with Crippen LogP contribution in [0.4, 0.5) is 0 Å². The molecule has 1 aliphatic carbocycles. The summed E-state index contributed by atoms with van der Waals surface area (Å²) in [4.78, 5) is 10.4. The molecule has 0 radical (unpaired) electrons. The molecule has 0 atom stereocenters. The number of para-hydroxylation sites is 2. The third-order valence-electron chi connectivity index (χ3n) is 8.14. The molecule has 0 saturated heterocycles.